The Morgan fingerprint density at radius 2 is 0.659 bits per heavy atom. The molecule has 0 aliphatic carbocycles. The first-order valence-electron chi connectivity index (χ1n) is 14.8. The van der Waals surface area contributed by atoms with Crippen LogP contribution < -0.4 is 9.30 Å². The molecular formula is C22H68N9Si10. The maximum atomic E-state index is 3.54. The van der Waals surface area contributed by atoms with Crippen molar-refractivity contribution in [3.05, 3.63) is 0 Å². The lowest BCUT2D eigenvalue weighted by atomic mass is 11.5. The van der Waals surface area contributed by atoms with E-state index >= 15 is 0 Å². The molecule has 0 saturated carbocycles. The second kappa shape index (κ2) is 14.7. The van der Waals surface area contributed by atoms with E-state index in [9.17, 15) is 0 Å². The van der Waals surface area contributed by atoms with Gasteiger partial charge in [0.15, 0.2) is 50.4 Å². The van der Waals surface area contributed by atoms with Crippen molar-refractivity contribution in [2.45, 2.75) is 98.2 Å². The van der Waals surface area contributed by atoms with E-state index in [4.69, 9.17) is 0 Å². The van der Waals surface area contributed by atoms with Crippen LogP contribution in [0.4, 0.5) is 0 Å². The minimum Gasteiger partial charge on any atom is -0.352 e. The fourth-order valence-corrected chi connectivity index (χ4v) is 52.4. The molecule has 0 aliphatic rings. The number of nitrogens with zero attached hydrogens (tertiary/aromatic N) is 7. The molecule has 19 heteroatoms. The van der Waals surface area contributed by atoms with Crippen molar-refractivity contribution in [3.63, 3.8) is 0 Å². The van der Waals surface area contributed by atoms with E-state index in [1.165, 1.54) is 0 Å². The van der Waals surface area contributed by atoms with Gasteiger partial charge < -0.3 is 38.9 Å². The standard InChI is InChI=1S/C22H68N9Si10/c1-25(34-24-33-23-32)36(11,12)27(3)38(15,16)29(5)40(19,20)31(7)41(21,22)30(6)39(17,18)28(4)37(13,14)26(2)35(8,9)10/h23-24H,1-22H3. The van der Waals surface area contributed by atoms with E-state index in [2.05, 4.69) is 197 Å². The zero-order valence-corrected chi connectivity index (χ0v) is 41.1. The molecule has 0 rings (SSSR count). The first-order chi connectivity index (χ1) is 17.9. The van der Waals surface area contributed by atoms with E-state index in [-0.39, 0.29) is 0 Å². The summed E-state index contributed by atoms with van der Waals surface area (Å²) < 4.78 is 26.4. The normalized spacial score (nSPS) is 15.7. The highest BCUT2D eigenvalue weighted by Crippen LogP contribution is 2.33. The Balaban J connectivity index is 6.28. The van der Waals surface area contributed by atoms with Gasteiger partial charge in [0, 0.05) is 0 Å². The van der Waals surface area contributed by atoms with Crippen molar-refractivity contribution in [2.75, 3.05) is 49.3 Å². The van der Waals surface area contributed by atoms with Gasteiger partial charge in [-0.2, -0.15) is 0 Å². The number of hydrogen-bond acceptors (Lipinski definition) is 9. The van der Waals surface area contributed by atoms with E-state index in [0.717, 1.165) is 0 Å². The van der Waals surface area contributed by atoms with E-state index in [1.807, 2.05) is 0 Å². The van der Waals surface area contributed by atoms with E-state index in [0.29, 0.717) is 19.7 Å². The van der Waals surface area contributed by atoms with Gasteiger partial charge in [-0.1, -0.05) is 19.6 Å². The minimum atomic E-state index is -1.97. The largest absolute Gasteiger partial charge is 0.352 e. The Morgan fingerprint density at radius 1 is 0.415 bits per heavy atom. The molecule has 0 heterocycles. The summed E-state index contributed by atoms with van der Waals surface area (Å²) >= 11 is 0. The van der Waals surface area contributed by atoms with Crippen LogP contribution in [0, 0.1) is 0 Å². The highest BCUT2D eigenvalue weighted by molar-refractivity contribution is 7.02. The van der Waals surface area contributed by atoms with Gasteiger partial charge in [0.05, 0.1) is 0 Å². The lowest BCUT2D eigenvalue weighted by molar-refractivity contribution is 0.508. The first-order valence-corrected chi connectivity index (χ1v) is 38.0. The van der Waals surface area contributed by atoms with Gasteiger partial charge in [0.2, 0.25) is 19.7 Å². The molecular weight excluding hydrogens is 671 g/mol. The van der Waals surface area contributed by atoms with Crippen LogP contribution in [0.3, 0.4) is 0 Å². The van der Waals surface area contributed by atoms with Crippen LogP contribution in [0.25, 0.3) is 0 Å². The fraction of sp³-hybridized carbons (Fsp3) is 1.00. The molecule has 0 atom stereocenters. The SMILES string of the molecule is CN([Si]N[Si]N[Si])[Si](C)(C)N(C)[Si](C)(C)N(C)[Si](C)(C)N(C)[Si](C)(C)N(C)[Si](C)(C)N(C)[Si](C)(C)N(C)[Si](C)(C)C. The monoisotopic (exact) mass is 738 g/mol. The van der Waals surface area contributed by atoms with Gasteiger partial charge in [-0.05, 0) is 128 Å². The molecule has 0 aromatic rings. The molecule has 41 heavy (non-hydrogen) atoms. The quantitative estimate of drug-likeness (QED) is 0.174. The summed E-state index contributed by atoms with van der Waals surface area (Å²) in [6.07, 6.45) is 0. The van der Waals surface area contributed by atoms with E-state index < -0.39 is 58.6 Å². The highest BCUT2D eigenvalue weighted by Gasteiger charge is 2.55. The zero-order valence-electron chi connectivity index (χ0n) is 31.1. The summed E-state index contributed by atoms with van der Waals surface area (Å²) in [5.74, 6) is 0. The van der Waals surface area contributed by atoms with Crippen molar-refractivity contribution in [3.8, 4) is 0 Å². The molecule has 9 nitrogen and oxygen atoms in total. The summed E-state index contributed by atoms with van der Waals surface area (Å²) in [5.41, 5.74) is 0. The van der Waals surface area contributed by atoms with Crippen LogP contribution in [0.1, 0.15) is 0 Å². The summed E-state index contributed by atoms with van der Waals surface area (Å²) in [5, 5.41) is 0. The molecule has 0 aromatic carbocycles. The molecule has 241 valence electrons. The second-order valence-electron chi connectivity index (χ2n) is 15.5. The average molecular weight is 740 g/mol. The molecule has 0 fully saturated rings. The number of hydrogen-bond donors (Lipinski definition) is 2. The van der Waals surface area contributed by atoms with Gasteiger partial charge in [-0.15, -0.1) is 0 Å². The average Bonchev–Trinajstić information content (AvgIpc) is 2.84. The lowest BCUT2D eigenvalue weighted by Crippen LogP contribution is -2.84. The molecule has 2 N–H and O–H groups in total. The Labute approximate surface area is 273 Å². The van der Waals surface area contributed by atoms with Crippen molar-refractivity contribution in [1.29, 1.82) is 0 Å². The molecule has 0 spiro atoms. The molecule has 0 bridgehead atoms. The molecule has 0 aromatic heterocycles. The van der Waals surface area contributed by atoms with Crippen LogP contribution in [0.5, 0.6) is 0 Å². The third kappa shape index (κ3) is 9.21. The lowest BCUT2D eigenvalue weighted by Gasteiger charge is -2.61. The molecule has 0 unspecified atom stereocenters. The summed E-state index contributed by atoms with van der Waals surface area (Å²) in [6, 6.07) is 0. The third-order valence-electron chi connectivity index (χ3n) is 11.2. The topological polar surface area (TPSA) is 46.7 Å². The predicted octanol–water partition coefficient (Wildman–Crippen LogP) is 2.89. The summed E-state index contributed by atoms with van der Waals surface area (Å²) in [6.45, 7) is 38.4. The van der Waals surface area contributed by atoms with Gasteiger partial charge in [0.1, 0.15) is 18.6 Å². The molecule has 7 radical (unpaired) electrons. The third-order valence-corrected chi connectivity index (χ3v) is 56.7. The summed E-state index contributed by atoms with van der Waals surface area (Å²) in [7, 11) is 8.66. The molecule has 0 saturated heterocycles. The maximum Gasteiger partial charge on any atom is 0.234 e. The van der Waals surface area contributed by atoms with Gasteiger partial charge in [-0.3, -0.25) is 0 Å². The predicted molar refractivity (Wildman–Crippen MR) is 206 cm³/mol. The number of nitrogens with one attached hydrogen (secondary N) is 2. The smallest absolute Gasteiger partial charge is 0.234 e. The van der Waals surface area contributed by atoms with Gasteiger partial charge >= 0.3 is 0 Å². The van der Waals surface area contributed by atoms with Crippen LogP contribution >= 0.6 is 0 Å². The minimum absolute atomic E-state index is 0.516. The molecule has 0 amide bonds. The summed E-state index contributed by atoms with van der Waals surface area (Å²) in [4.78, 5) is 0. The Morgan fingerprint density at radius 3 is 0.902 bits per heavy atom. The van der Waals surface area contributed by atoms with Crippen LogP contribution in [-0.2, 0) is 0 Å². The van der Waals surface area contributed by atoms with Crippen LogP contribution in [0.2, 0.25) is 98.2 Å². The zero-order chi connectivity index (χ0) is 33.4. The van der Waals surface area contributed by atoms with Crippen LogP contribution in [0.15, 0.2) is 0 Å². The Hall–Kier alpha value is 1.81. The molecule has 0 aliphatic heterocycles. The van der Waals surface area contributed by atoms with Crippen molar-refractivity contribution in [2.24, 2.45) is 0 Å². The Bertz CT molecular complexity index is 839. The van der Waals surface area contributed by atoms with E-state index in [1.54, 1.807) is 0 Å². The van der Waals surface area contributed by atoms with Crippen molar-refractivity contribution < 1.29 is 0 Å². The highest BCUT2D eigenvalue weighted by atomic mass is 28.5. The van der Waals surface area contributed by atoms with Crippen molar-refractivity contribution >= 4 is 88.7 Å². The maximum absolute atomic E-state index is 3.54. The van der Waals surface area contributed by atoms with Gasteiger partial charge in [0.25, 0.3) is 0 Å². The first kappa shape index (κ1) is 42.8. The second-order valence-corrected chi connectivity index (χ2v) is 52.8. The van der Waals surface area contributed by atoms with Crippen molar-refractivity contribution in [1.82, 2.24) is 38.9 Å². The Kier molecular flexibility index (Phi) is 15.4. The fourth-order valence-electron chi connectivity index (χ4n) is 5.80. The number of rotatable bonds is 17. The van der Waals surface area contributed by atoms with Gasteiger partial charge in [-0.25, -0.2) is 0 Å². The van der Waals surface area contributed by atoms with Crippen LogP contribution in [-0.4, -0.2) is 168 Å².